The van der Waals surface area contributed by atoms with E-state index in [0.717, 1.165) is 18.7 Å². The van der Waals surface area contributed by atoms with Gasteiger partial charge in [0, 0.05) is 11.6 Å². The van der Waals surface area contributed by atoms with Crippen LogP contribution in [0.15, 0.2) is 34.7 Å². The van der Waals surface area contributed by atoms with Crippen molar-refractivity contribution in [2.24, 2.45) is 0 Å². The molecule has 6 heteroatoms. The summed E-state index contributed by atoms with van der Waals surface area (Å²) < 4.78 is 10.7. The molecule has 21 heavy (non-hydrogen) atoms. The minimum Gasteiger partial charge on any atom is -0.490 e. The molecule has 6 nitrogen and oxygen atoms in total. The fourth-order valence-electron chi connectivity index (χ4n) is 2.00. The lowest BCUT2D eigenvalue weighted by Gasteiger charge is -2.03. The highest BCUT2D eigenvalue weighted by Gasteiger charge is 2.17. The van der Waals surface area contributed by atoms with Crippen LogP contribution in [0, 0.1) is 10.1 Å². The van der Waals surface area contributed by atoms with Crippen molar-refractivity contribution in [2.75, 3.05) is 13.7 Å². The van der Waals surface area contributed by atoms with E-state index in [9.17, 15) is 10.1 Å². The number of furan rings is 1. The van der Waals surface area contributed by atoms with Gasteiger partial charge < -0.3 is 14.5 Å². The molecule has 1 heterocycles. The monoisotopic (exact) mass is 290 g/mol. The first-order valence-electron chi connectivity index (χ1n) is 6.78. The van der Waals surface area contributed by atoms with Crippen LogP contribution in [0.2, 0.25) is 0 Å². The molecule has 2 aromatic rings. The van der Waals surface area contributed by atoms with Gasteiger partial charge in [-0.15, -0.1) is 0 Å². The third-order valence-electron chi connectivity index (χ3n) is 3.05. The second-order valence-corrected chi connectivity index (χ2v) is 4.59. The Morgan fingerprint density at radius 2 is 2.14 bits per heavy atom. The van der Waals surface area contributed by atoms with E-state index < -0.39 is 4.92 Å². The van der Waals surface area contributed by atoms with E-state index in [0.29, 0.717) is 17.9 Å². The van der Waals surface area contributed by atoms with E-state index in [1.807, 2.05) is 12.1 Å². The Bertz CT molecular complexity index is 622. The SMILES string of the molecule is CCCNCc1ccc(-c2ccc(OC)c([N+](=O)[O-])c2)o1. The number of benzene rings is 1. The van der Waals surface area contributed by atoms with E-state index in [-0.39, 0.29) is 11.4 Å². The maximum atomic E-state index is 11.0. The Balaban J connectivity index is 2.22. The fraction of sp³-hybridized carbons (Fsp3) is 0.333. The number of ether oxygens (including phenoxy) is 1. The lowest BCUT2D eigenvalue weighted by atomic mass is 10.1. The van der Waals surface area contributed by atoms with Gasteiger partial charge in [-0.2, -0.15) is 0 Å². The molecule has 0 saturated carbocycles. The molecule has 0 amide bonds. The van der Waals surface area contributed by atoms with Crippen LogP contribution in [0.3, 0.4) is 0 Å². The summed E-state index contributed by atoms with van der Waals surface area (Å²) in [5.41, 5.74) is 0.585. The predicted octanol–water partition coefficient (Wildman–Crippen LogP) is 3.36. The molecule has 0 saturated heterocycles. The zero-order valence-electron chi connectivity index (χ0n) is 12.1. The van der Waals surface area contributed by atoms with Crippen LogP contribution in [0.4, 0.5) is 5.69 Å². The van der Waals surface area contributed by atoms with Crippen LogP contribution in [0.25, 0.3) is 11.3 Å². The molecule has 0 aliphatic carbocycles. The molecule has 0 unspecified atom stereocenters. The van der Waals surface area contributed by atoms with E-state index in [2.05, 4.69) is 12.2 Å². The molecule has 1 aromatic heterocycles. The largest absolute Gasteiger partial charge is 0.490 e. The van der Waals surface area contributed by atoms with Crippen molar-refractivity contribution in [3.63, 3.8) is 0 Å². The molecule has 1 aromatic carbocycles. The summed E-state index contributed by atoms with van der Waals surface area (Å²) in [6, 6.07) is 8.46. The van der Waals surface area contributed by atoms with Gasteiger partial charge in [0.05, 0.1) is 18.6 Å². The standard InChI is InChI=1S/C15H18N2O4/c1-3-8-16-10-12-5-7-14(21-12)11-4-6-15(20-2)13(9-11)17(18)19/h4-7,9,16H,3,8,10H2,1-2H3. The lowest BCUT2D eigenvalue weighted by Crippen LogP contribution is -2.12. The quantitative estimate of drug-likeness (QED) is 0.480. The van der Waals surface area contributed by atoms with Gasteiger partial charge >= 0.3 is 5.69 Å². The minimum absolute atomic E-state index is 0.0722. The number of nitro groups is 1. The summed E-state index contributed by atoms with van der Waals surface area (Å²) in [7, 11) is 1.41. The van der Waals surface area contributed by atoms with Crippen LogP contribution >= 0.6 is 0 Å². The molecular weight excluding hydrogens is 272 g/mol. The molecule has 1 N–H and O–H groups in total. The van der Waals surface area contributed by atoms with Crippen molar-refractivity contribution in [3.8, 4) is 17.1 Å². The Morgan fingerprint density at radius 3 is 2.81 bits per heavy atom. The summed E-state index contributed by atoms with van der Waals surface area (Å²) in [5.74, 6) is 1.64. The first-order chi connectivity index (χ1) is 10.2. The summed E-state index contributed by atoms with van der Waals surface area (Å²) in [4.78, 5) is 10.6. The number of rotatable bonds is 7. The van der Waals surface area contributed by atoms with Gasteiger partial charge in [0.25, 0.3) is 0 Å². The molecular formula is C15H18N2O4. The lowest BCUT2D eigenvalue weighted by molar-refractivity contribution is -0.385. The number of nitrogens with zero attached hydrogens (tertiary/aromatic N) is 1. The Kier molecular flexibility index (Phi) is 4.94. The van der Waals surface area contributed by atoms with Gasteiger partial charge in [-0.05, 0) is 37.2 Å². The number of nitro benzene ring substituents is 1. The average Bonchev–Trinajstić information content (AvgIpc) is 2.95. The van der Waals surface area contributed by atoms with Gasteiger partial charge in [-0.3, -0.25) is 10.1 Å². The Morgan fingerprint density at radius 1 is 1.33 bits per heavy atom. The first kappa shape index (κ1) is 15.1. The third-order valence-corrected chi connectivity index (χ3v) is 3.05. The maximum Gasteiger partial charge on any atom is 0.311 e. The normalized spacial score (nSPS) is 10.6. The molecule has 0 aliphatic heterocycles. The minimum atomic E-state index is -0.463. The van der Waals surface area contributed by atoms with Crippen molar-refractivity contribution >= 4 is 5.69 Å². The zero-order valence-corrected chi connectivity index (χ0v) is 12.1. The van der Waals surface area contributed by atoms with Crippen LogP contribution < -0.4 is 10.1 Å². The van der Waals surface area contributed by atoms with Crippen LogP contribution in [0.5, 0.6) is 5.75 Å². The summed E-state index contributed by atoms with van der Waals surface area (Å²) in [6.07, 6.45) is 1.05. The molecule has 0 atom stereocenters. The molecule has 112 valence electrons. The number of nitrogens with one attached hydrogen (secondary N) is 1. The van der Waals surface area contributed by atoms with Crippen LogP contribution in [-0.2, 0) is 6.54 Å². The van der Waals surface area contributed by atoms with E-state index in [1.165, 1.54) is 13.2 Å². The number of hydrogen-bond donors (Lipinski definition) is 1. The van der Waals surface area contributed by atoms with Crippen molar-refractivity contribution in [3.05, 3.63) is 46.2 Å². The highest BCUT2D eigenvalue weighted by molar-refractivity contribution is 5.65. The highest BCUT2D eigenvalue weighted by Crippen LogP contribution is 2.32. The Labute approximate surface area is 122 Å². The van der Waals surface area contributed by atoms with Gasteiger partial charge in [0.1, 0.15) is 11.5 Å². The van der Waals surface area contributed by atoms with Gasteiger partial charge in [0.2, 0.25) is 0 Å². The molecule has 2 rings (SSSR count). The fourth-order valence-corrected chi connectivity index (χ4v) is 2.00. The van der Waals surface area contributed by atoms with Crippen LogP contribution in [-0.4, -0.2) is 18.6 Å². The average molecular weight is 290 g/mol. The molecule has 0 aliphatic rings. The van der Waals surface area contributed by atoms with E-state index in [4.69, 9.17) is 9.15 Å². The third kappa shape index (κ3) is 3.61. The summed E-state index contributed by atoms with van der Waals surface area (Å²) in [6.45, 7) is 3.66. The Hall–Kier alpha value is -2.34. The summed E-state index contributed by atoms with van der Waals surface area (Å²) >= 11 is 0. The van der Waals surface area contributed by atoms with E-state index >= 15 is 0 Å². The highest BCUT2D eigenvalue weighted by atomic mass is 16.6. The van der Waals surface area contributed by atoms with Crippen LogP contribution in [0.1, 0.15) is 19.1 Å². The second-order valence-electron chi connectivity index (χ2n) is 4.59. The predicted molar refractivity (Wildman–Crippen MR) is 79.3 cm³/mol. The first-order valence-corrected chi connectivity index (χ1v) is 6.78. The number of hydrogen-bond acceptors (Lipinski definition) is 5. The number of methoxy groups -OCH3 is 1. The van der Waals surface area contributed by atoms with Crippen molar-refractivity contribution < 1.29 is 14.1 Å². The van der Waals surface area contributed by atoms with E-state index in [1.54, 1.807) is 12.1 Å². The zero-order chi connectivity index (χ0) is 15.2. The topological polar surface area (TPSA) is 77.5 Å². The summed E-state index contributed by atoms with van der Waals surface area (Å²) in [5, 5.41) is 14.3. The van der Waals surface area contributed by atoms with Crippen molar-refractivity contribution in [2.45, 2.75) is 19.9 Å². The molecule has 0 bridgehead atoms. The van der Waals surface area contributed by atoms with Gasteiger partial charge in [-0.25, -0.2) is 0 Å². The van der Waals surface area contributed by atoms with Gasteiger partial charge in [-0.1, -0.05) is 6.92 Å². The maximum absolute atomic E-state index is 11.0. The van der Waals surface area contributed by atoms with Crippen molar-refractivity contribution in [1.29, 1.82) is 0 Å². The molecule has 0 radical (unpaired) electrons. The van der Waals surface area contributed by atoms with Crippen molar-refractivity contribution in [1.82, 2.24) is 5.32 Å². The van der Waals surface area contributed by atoms with Gasteiger partial charge in [0.15, 0.2) is 5.75 Å². The second kappa shape index (κ2) is 6.90. The smallest absolute Gasteiger partial charge is 0.311 e. The molecule has 0 spiro atoms. The molecule has 0 fully saturated rings.